The fourth-order valence-electron chi connectivity index (χ4n) is 2.00. The fraction of sp³-hybridized carbons (Fsp3) is 0.583. The van der Waals surface area contributed by atoms with E-state index in [-0.39, 0.29) is 5.78 Å². The van der Waals surface area contributed by atoms with Crippen molar-refractivity contribution in [1.29, 1.82) is 0 Å². The van der Waals surface area contributed by atoms with E-state index in [4.69, 9.17) is 4.74 Å². The minimum absolute atomic E-state index is 0.00694. The van der Waals surface area contributed by atoms with E-state index in [0.29, 0.717) is 18.9 Å². The smallest absolute Gasteiger partial charge is 0.202 e. The summed E-state index contributed by atoms with van der Waals surface area (Å²) < 4.78 is 5.30. The first-order chi connectivity index (χ1) is 8.12. The Balaban J connectivity index is 2.17. The first-order valence-electron chi connectivity index (χ1n) is 5.76. The molecule has 92 valence electrons. The maximum atomic E-state index is 12.4. The molecule has 1 aliphatic rings. The van der Waals surface area contributed by atoms with Gasteiger partial charge in [-0.25, -0.2) is 4.98 Å². The lowest BCUT2D eigenvalue weighted by Gasteiger charge is -2.39. The van der Waals surface area contributed by atoms with Crippen LogP contribution in [-0.2, 0) is 4.74 Å². The number of hydrogen-bond donors (Lipinski definition) is 0. The second-order valence-electron chi connectivity index (χ2n) is 4.58. The van der Waals surface area contributed by atoms with Crippen LogP contribution in [0.25, 0.3) is 0 Å². The summed E-state index contributed by atoms with van der Waals surface area (Å²) in [5, 5.41) is 0. The predicted molar refractivity (Wildman–Crippen MR) is 62.8 cm³/mol. The molecule has 1 aromatic heterocycles. The van der Waals surface area contributed by atoms with Crippen LogP contribution in [0.5, 0.6) is 0 Å². The Hall–Kier alpha value is -1.33. The molecule has 2 rings (SSSR count). The summed E-state index contributed by atoms with van der Waals surface area (Å²) >= 11 is 0. The summed E-state index contributed by atoms with van der Waals surface area (Å²) in [6, 6.07) is 0. The molecule has 0 bridgehead atoms. The molecule has 0 radical (unpaired) electrons. The Kier molecular flexibility index (Phi) is 3.49. The van der Waals surface area contributed by atoms with Gasteiger partial charge in [0.05, 0.1) is 24.9 Å². The highest BCUT2D eigenvalue weighted by atomic mass is 16.5. The van der Waals surface area contributed by atoms with Crippen molar-refractivity contribution in [3.63, 3.8) is 0 Å². The van der Waals surface area contributed by atoms with Crippen LogP contribution in [0.3, 0.4) is 0 Å². The third-order valence-corrected chi connectivity index (χ3v) is 3.15. The van der Waals surface area contributed by atoms with Crippen molar-refractivity contribution < 1.29 is 9.53 Å². The Labute approximate surface area is 101 Å². The van der Waals surface area contributed by atoms with Crippen molar-refractivity contribution in [3.05, 3.63) is 24.3 Å². The quantitative estimate of drug-likeness (QED) is 0.724. The van der Waals surface area contributed by atoms with Crippen LogP contribution in [0.4, 0.5) is 0 Å². The number of ether oxygens (including phenoxy) is 1. The van der Waals surface area contributed by atoms with Gasteiger partial charge in [0.2, 0.25) is 5.78 Å². The van der Waals surface area contributed by atoms with Gasteiger partial charge in [-0.3, -0.25) is 14.7 Å². The Morgan fingerprint density at radius 1 is 1.35 bits per heavy atom. The van der Waals surface area contributed by atoms with E-state index in [1.807, 2.05) is 13.8 Å². The zero-order valence-corrected chi connectivity index (χ0v) is 10.2. The lowest BCUT2D eigenvalue weighted by atomic mass is 9.94. The summed E-state index contributed by atoms with van der Waals surface area (Å²) in [5.41, 5.74) is -0.135. The molecule has 0 N–H and O–H groups in total. The third kappa shape index (κ3) is 2.50. The highest BCUT2D eigenvalue weighted by Crippen LogP contribution is 2.20. The van der Waals surface area contributed by atoms with Gasteiger partial charge in [0, 0.05) is 25.5 Å². The zero-order chi connectivity index (χ0) is 12.3. The number of carbonyl (C=O) groups is 1. The molecule has 1 fully saturated rings. The normalized spacial score (nSPS) is 18.0. The summed E-state index contributed by atoms with van der Waals surface area (Å²) in [5.74, 6) is 0.00694. The molecule has 0 spiro atoms. The Morgan fingerprint density at radius 3 is 2.65 bits per heavy atom. The van der Waals surface area contributed by atoms with Crippen LogP contribution in [0.2, 0.25) is 0 Å². The van der Waals surface area contributed by atoms with Crippen molar-refractivity contribution in [2.45, 2.75) is 19.4 Å². The molecule has 0 aromatic carbocycles. The summed E-state index contributed by atoms with van der Waals surface area (Å²) in [6.07, 6.45) is 4.63. The number of morpholine rings is 1. The molecule has 5 heteroatoms. The van der Waals surface area contributed by atoms with E-state index in [1.165, 1.54) is 6.20 Å². The van der Waals surface area contributed by atoms with Gasteiger partial charge in [0.1, 0.15) is 5.69 Å². The fourth-order valence-corrected chi connectivity index (χ4v) is 2.00. The minimum atomic E-state index is -0.556. The van der Waals surface area contributed by atoms with Crippen molar-refractivity contribution in [2.24, 2.45) is 0 Å². The van der Waals surface area contributed by atoms with E-state index in [1.54, 1.807) is 12.4 Å². The molecule has 17 heavy (non-hydrogen) atoms. The van der Waals surface area contributed by atoms with Crippen molar-refractivity contribution in [1.82, 2.24) is 14.9 Å². The molecule has 1 aliphatic heterocycles. The maximum Gasteiger partial charge on any atom is 0.202 e. The lowest BCUT2D eigenvalue weighted by molar-refractivity contribution is -0.00449. The Bertz CT molecular complexity index is 386. The first-order valence-corrected chi connectivity index (χ1v) is 5.76. The van der Waals surface area contributed by atoms with E-state index in [2.05, 4.69) is 14.9 Å². The van der Waals surface area contributed by atoms with Gasteiger partial charge in [0.25, 0.3) is 0 Å². The number of Topliss-reactive ketones (excluding diaryl/α,β-unsaturated/α-hetero) is 1. The van der Waals surface area contributed by atoms with Gasteiger partial charge in [-0.15, -0.1) is 0 Å². The lowest BCUT2D eigenvalue weighted by Crippen LogP contribution is -2.54. The zero-order valence-electron chi connectivity index (χ0n) is 10.2. The van der Waals surface area contributed by atoms with Crippen molar-refractivity contribution in [2.75, 3.05) is 26.3 Å². The summed E-state index contributed by atoms with van der Waals surface area (Å²) in [6.45, 7) is 6.76. The van der Waals surface area contributed by atoms with Gasteiger partial charge in [-0.1, -0.05) is 0 Å². The predicted octanol–water partition coefficient (Wildman–Crippen LogP) is 0.770. The average Bonchev–Trinajstić information content (AvgIpc) is 2.40. The first kappa shape index (κ1) is 12.1. The molecule has 2 heterocycles. The molecule has 0 atom stereocenters. The van der Waals surface area contributed by atoms with Gasteiger partial charge in [-0.05, 0) is 13.8 Å². The summed E-state index contributed by atoms with van der Waals surface area (Å²) in [4.78, 5) is 22.5. The number of hydrogen-bond acceptors (Lipinski definition) is 5. The van der Waals surface area contributed by atoms with Crippen LogP contribution in [0.1, 0.15) is 24.3 Å². The number of ketones is 1. The highest BCUT2D eigenvalue weighted by molar-refractivity contribution is 6.00. The van der Waals surface area contributed by atoms with E-state index >= 15 is 0 Å². The summed E-state index contributed by atoms with van der Waals surface area (Å²) in [7, 11) is 0. The van der Waals surface area contributed by atoms with Crippen LogP contribution in [0.15, 0.2) is 18.6 Å². The van der Waals surface area contributed by atoms with E-state index in [9.17, 15) is 4.79 Å². The molecule has 0 unspecified atom stereocenters. The topological polar surface area (TPSA) is 55.3 Å². The Morgan fingerprint density at radius 2 is 2.06 bits per heavy atom. The van der Waals surface area contributed by atoms with Crippen LogP contribution in [-0.4, -0.2) is 52.5 Å². The number of carbonyl (C=O) groups excluding carboxylic acids is 1. The van der Waals surface area contributed by atoms with Crippen LogP contribution < -0.4 is 0 Å². The monoisotopic (exact) mass is 235 g/mol. The molecule has 1 aromatic rings. The molecule has 0 amide bonds. The van der Waals surface area contributed by atoms with Crippen molar-refractivity contribution in [3.8, 4) is 0 Å². The van der Waals surface area contributed by atoms with Crippen molar-refractivity contribution >= 4 is 5.78 Å². The van der Waals surface area contributed by atoms with Crippen LogP contribution in [0, 0.1) is 0 Å². The number of nitrogens with zero attached hydrogens (tertiary/aromatic N) is 3. The third-order valence-electron chi connectivity index (χ3n) is 3.15. The van der Waals surface area contributed by atoms with Gasteiger partial charge in [0.15, 0.2) is 0 Å². The number of rotatable bonds is 3. The molecular formula is C12H17N3O2. The largest absolute Gasteiger partial charge is 0.379 e. The molecular weight excluding hydrogens is 218 g/mol. The van der Waals surface area contributed by atoms with Crippen LogP contribution >= 0.6 is 0 Å². The standard InChI is InChI=1S/C12H17N3O2/c1-12(2,15-5-7-17-8-6-15)11(16)10-9-13-3-4-14-10/h3-4,9H,5-8H2,1-2H3. The molecule has 5 nitrogen and oxygen atoms in total. The average molecular weight is 235 g/mol. The van der Waals surface area contributed by atoms with Gasteiger partial charge < -0.3 is 4.74 Å². The molecule has 1 saturated heterocycles. The second-order valence-corrected chi connectivity index (χ2v) is 4.58. The molecule has 0 aliphatic carbocycles. The maximum absolute atomic E-state index is 12.4. The highest BCUT2D eigenvalue weighted by Gasteiger charge is 2.36. The number of aromatic nitrogens is 2. The SMILES string of the molecule is CC(C)(C(=O)c1cnccn1)N1CCOCC1. The van der Waals surface area contributed by atoms with Gasteiger partial charge >= 0.3 is 0 Å². The minimum Gasteiger partial charge on any atom is -0.379 e. The molecule has 0 saturated carbocycles. The van der Waals surface area contributed by atoms with Gasteiger partial charge in [-0.2, -0.15) is 0 Å². The van der Waals surface area contributed by atoms with E-state index in [0.717, 1.165) is 13.1 Å². The second kappa shape index (κ2) is 4.89. The van der Waals surface area contributed by atoms with E-state index < -0.39 is 5.54 Å².